The molecule has 2 aromatic carbocycles. The molecule has 0 saturated carbocycles. The second kappa shape index (κ2) is 22.9. The van der Waals surface area contributed by atoms with Gasteiger partial charge in [-0.05, 0) is 62.2 Å². The van der Waals surface area contributed by atoms with Gasteiger partial charge in [0.2, 0.25) is 0 Å². The Morgan fingerprint density at radius 1 is 0.467 bits per heavy atom. The first-order valence-electron chi connectivity index (χ1n) is 17.4. The maximum absolute atomic E-state index is 5.40. The second-order valence-corrected chi connectivity index (χ2v) is 17.3. The summed E-state index contributed by atoms with van der Waals surface area (Å²) in [7, 11) is -2.24. The van der Waals surface area contributed by atoms with Crippen LogP contribution in [0.15, 0.2) is 36.4 Å². The van der Waals surface area contributed by atoms with Gasteiger partial charge in [0.15, 0.2) is 0 Å². The molecule has 0 N–H and O–H groups in total. The summed E-state index contributed by atoms with van der Waals surface area (Å²) in [5, 5.41) is 0. The van der Waals surface area contributed by atoms with Gasteiger partial charge in [0, 0.05) is 39.6 Å². The molecule has 0 aliphatic carbocycles. The van der Waals surface area contributed by atoms with Gasteiger partial charge in [-0.15, -0.1) is 32.9 Å². The maximum Gasteiger partial charge on any atom is 2.00 e. The van der Waals surface area contributed by atoms with E-state index in [4.69, 9.17) is 24.2 Å². The van der Waals surface area contributed by atoms with Crippen LogP contribution in [0.1, 0.15) is 140 Å². The van der Waals surface area contributed by atoms with E-state index in [1.807, 2.05) is 0 Å². The van der Waals surface area contributed by atoms with Gasteiger partial charge < -0.3 is 24.2 Å². The summed E-state index contributed by atoms with van der Waals surface area (Å²) in [6, 6.07) is 13.3. The quantitative estimate of drug-likeness (QED) is 0.264. The van der Waals surface area contributed by atoms with Gasteiger partial charge in [0.25, 0.3) is 0 Å². The van der Waals surface area contributed by atoms with E-state index in [0.29, 0.717) is 23.7 Å². The van der Waals surface area contributed by atoms with Crippen molar-refractivity contribution in [2.75, 3.05) is 39.6 Å². The van der Waals surface area contributed by atoms with Crippen molar-refractivity contribution in [3.63, 3.8) is 0 Å². The number of nitrogens with zero attached hydrogens (tertiary/aromatic N) is 2. The Morgan fingerprint density at radius 2 is 0.689 bits per heavy atom. The summed E-state index contributed by atoms with van der Waals surface area (Å²) in [4.78, 5) is 10.8. The van der Waals surface area contributed by atoms with Crippen molar-refractivity contribution in [1.82, 2.24) is 0 Å². The zero-order valence-corrected chi connectivity index (χ0v) is 33.8. The number of rotatable bonds is 8. The predicted octanol–water partition coefficient (Wildman–Crippen LogP) is 11.6. The zero-order valence-electron chi connectivity index (χ0n) is 30.6. The molecule has 250 valence electrons. The van der Waals surface area contributed by atoms with Gasteiger partial charge in [-0.2, -0.15) is 0 Å². The van der Waals surface area contributed by atoms with E-state index in [9.17, 15) is 0 Å². The summed E-state index contributed by atoms with van der Waals surface area (Å²) in [6.45, 7) is 28.6. The SMILES string of the molecule is C1CCOC1.C1CCOC1.C1CCOC1.CC(C)c1cccc(C(C)C)c1[N-][Si](C)(C)[N-]c1c(C(C)C)cccc1C(C)C.[Ca+2]. The molecule has 45 heavy (non-hydrogen) atoms. The summed E-state index contributed by atoms with van der Waals surface area (Å²) in [5.74, 6) is 1.80. The fourth-order valence-electron chi connectivity index (χ4n) is 5.38. The standard InChI is InChI=1S/C26H40N2Si.3C4H8O.Ca/c1-17(2)21-13-11-14-22(18(3)4)25(21)27-29(9,10)28-26-23(19(5)6)15-12-16-24(26)20(7)8;3*1-2-4-5-3-1;/h11-20H,1-10H3;3*1-4H2;/q-2;;;;+2. The van der Waals surface area contributed by atoms with Crippen molar-refractivity contribution in [3.05, 3.63) is 68.6 Å². The Kier molecular flexibility index (Phi) is 21.6. The first kappa shape index (κ1) is 42.4. The predicted molar refractivity (Wildman–Crippen MR) is 199 cm³/mol. The number of hydrogen-bond acceptors (Lipinski definition) is 3. The van der Waals surface area contributed by atoms with E-state index in [-0.39, 0.29) is 37.7 Å². The van der Waals surface area contributed by atoms with Gasteiger partial charge in [-0.25, -0.2) is 0 Å². The average molecular weight is 665 g/mol. The van der Waals surface area contributed by atoms with E-state index in [0.717, 1.165) is 39.6 Å². The maximum atomic E-state index is 5.40. The van der Waals surface area contributed by atoms with Crippen LogP contribution in [0, 0.1) is 0 Å². The summed E-state index contributed by atoms with van der Waals surface area (Å²) >= 11 is 0. The van der Waals surface area contributed by atoms with Crippen molar-refractivity contribution in [1.29, 1.82) is 0 Å². The van der Waals surface area contributed by atoms with Crippen molar-refractivity contribution >= 4 is 57.5 Å². The molecule has 0 amide bonds. The van der Waals surface area contributed by atoms with E-state index in [2.05, 4.69) is 105 Å². The van der Waals surface area contributed by atoms with Crippen LogP contribution >= 0.6 is 0 Å². The molecule has 0 aromatic heterocycles. The smallest absolute Gasteiger partial charge is 0.699 e. The molecule has 0 bridgehead atoms. The Labute approximate surface area is 308 Å². The number of benzene rings is 2. The monoisotopic (exact) mass is 664 g/mol. The van der Waals surface area contributed by atoms with Gasteiger partial charge in [-0.3, -0.25) is 0 Å². The van der Waals surface area contributed by atoms with Crippen LogP contribution in [0.5, 0.6) is 0 Å². The molecular weight excluding hydrogens is 601 g/mol. The van der Waals surface area contributed by atoms with Crippen LogP contribution in [0.25, 0.3) is 9.96 Å². The van der Waals surface area contributed by atoms with Crippen molar-refractivity contribution in [2.24, 2.45) is 0 Å². The molecule has 3 saturated heterocycles. The third-order valence-electron chi connectivity index (χ3n) is 7.94. The molecule has 5 nitrogen and oxygen atoms in total. The number of ether oxygens (including phenoxy) is 3. The Hall–Kier alpha value is -0.603. The molecule has 5 rings (SSSR count). The minimum absolute atomic E-state index is 0. The normalized spacial score (nSPS) is 16.0. The molecule has 0 atom stereocenters. The first-order valence-corrected chi connectivity index (χ1v) is 20.3. The van der Waals surface area contributed by atoms with Crippen molar-refractivity contribution in [3.8, 4) is 0 Å². The number of hydrogen-bond donors (Lipinski definition) is 0. The van der Waals surface area contributed by atoms with Gasteiger partial charge >= 0.3 is 37.7 Å². The molecule has 3 heterocycles. The van der Waals surface area contributed by atoms with Crippen LogP contribution in [-0.2, 0) is 14.2 Å². The largest absolute Gasteiger partial charge is 2.00 e. The summed E-state index contributed by atoms with van der Waals surface area (Å²) in [6.07, 6.45) is 7.67. The van der Waals surface area contributed by atoms with Crippen LogP contribution in [0.3, 0.4) is 0 Å². The topological polar surface area (TPSA) is 55.9 Å². The summed E-state index contributed by atoms with van der Waals surface area (Å²) in [5.41, 5.74) is 7.74. The second-order valence-electron chi connectivity index (χ2n) is 13.9. The fraction of sp³-hybridized carbons (Fsp3) is 0.684. The zero-order chi connectivity index (χ0) is 32.5. The molecule has 0 spiro atoms. The molecule has 3 fully saturated rings. The average Bonchev–Trinajstić information content (AvgIpc) is 3.80. The molecule has 7 heteroatoms. The Bertz CT molecular complexity index is 896. The Morgan fingerprint density at radius 3 is 0.844 bits per heavy atom. The third kappa shape index (κ3) is 15.9. The van der Waals surface area contributed by atoms with Gasteiger partial charge in [0.1, 0.15) is 0 Å². The summed E-state index contributed by atoms with van der Waals surface area (Å²) < 4.78 is 14.8. The van der Waals surface area contributed by atoms with Gasteiger partial charge in [0.05, 0.1) is 0 Å². The first-order chi connectivity index (χ1) is 20.9. The molecule has 2 aromatic rings. The third-order valence-corrected chi connectivity index (χ3v) is 9.48. The van der Waals surface area contributed by atoms with Crippen LogP contribution in [-0.4, -0.2) is 85.8 Å². The minimum Gasteiger partial charge on any atom is -0.699 e. The van der Waals surface area contributed by atoms with Crippen LogP contribution in [0.4, 0.5) is 11.4 Å². The van der Waals surface area contributed by atoms with Crippen LogP contribution < -0.4 is 0 Å². The van der Waals surface area contributed by atoms with Crippen LogP contribution in [0.2, 0.25) is 13.1 Å². The molecular formula is C38H64CaN2O3Si. The van der Waals surface area contributed by atoms with E-state index >= 15 is 0 Å². The van der Waals surface area contributed by atoms with Crippen molar-refractivity contribution < 1.29 is 14.2 Å². The van der Waals surface area contributed by atoms with Gasteiger partial charge in [-0.1, -0.05) is 114 Å². The minimum atomic E-state index is -2.24. The molecule has 3 aliphatic heterocycles. The van der Waals surface area contributed by atoms with E-state index in [1.165, 1.54) is 72.2 Å². The molecule has 0 radical (unpaired) electrons. The van der Waals surface area contributed by atoms with Crippen molar-refractivity contribution in [2.45, 2.75) is 131 Å². The molecule has 3 aliphatic rings. The Balaban J connectivity index is 0.000000506. The van der Waals surface area contributed by atoms with E-state index < -0.39 is 8.40 Å². The molecule has 0 unspecified atom stereocenters. The van der Waals surface area contributed by atoms with E-state index in [1.54, 1.807) is 0 Å². The fourth-order valence-corrected chi connectivity index (χ4v) is 7.05.